The van der Waals surface area contributed by atoms with Crippen molar-refractivity contribution in [3.8, 4) is 0 Å². The summed E-state index contributed by atoms with van der Waals surface area (Å²) in [5.41, 5.74) is 6.30. The van der Waals surface area contributed by atoms with E-state index in [0.717, 1.165) is 0 Å². The van der Waals surface area contributed by atoms with E-state index in [2.05, 4.69) is 15.0 Å². The molecule has 0 aliphatic carbocycles. The maximum Gasteiger partial charge on any atom is 0.343 e. The zero-order chi connectivity index (χ0) is 22.9. The first-order valence-electron chi connectivity index (χ1n) is 8.93. The third kappa shape index (κ3) is 3.91. The van der Waals surface area contributed by atoms with Gasteiger partial charge in [0, 0.05) is 0 Å². The minimum absolute atomic E-state index is 0.0989. The Morgan fingerprint density at radius 1 is 1.10 bits per heavy atom. The van der Waals surface area contributed by atoms with Crippen LogP contribution in [0, 0.1) is 0 Å². The van der Waals surface area contributed by atoms with Crippen LogP contribution < -0.4 is 5.73 Å². The van der Waals surface area contributed by atoms with Crippen LogP contribution in [0.15, 0.2) is 12.7 Å². The number of hydrogen-bond donors (Lipinski definition) is 6. The number of aromatic nitrogens is 4. The maximum atomic E-state index is 11.8. The Balaban J connectivity index is 1.76. The number of nitrogens with zero attached hydrogens (tertiary/aromatic N) is 4. The smallest absolute Gasteiger partial charge is 0.343 e. The predicted molar refractivity (Wildman–Crippen MR) is 101 cm³/mol. The summed E-state index contributed by atoms with van der Waals surface area (Å²) in [7, 11) is -10.9. The van der Waals surface area contributed by atoms with Gasteiger partial charge in [0.15, 0.2) is 28.9 Å². The highest BCUT2D eigenvalue weighted by Crippen LogP contribution is 2.62. The van der Waals surface area contributed by atoms with E-state index in [9.17, 15) is 33.8 Å². The van der Waals surface area contributed by atoms with Crippen molar-refractivity contribution in [1.29, 1.82) is 0 Å². The van der Waals surface area contributed by atoms with Gasteiger partial charge in [0.05, 0.1) is 6.33 Å². The Bertz CT molecular complexity index is 1080. The SMILES string of the molecule is CC1(C)O[C@@H]2[C@H](O1)[C@@H](C(O)C(P(=O)(O)O)P(=O)(O)O)O[C@H]2n1cnc2c(N)ncnc21. The summed E-state index contributed by atoms with van der Waals surface area (Å²) in [6.07, 6.45) is -4.44. The monoisotopic (exact) mass is 481 g/mol. The van der Waals surface area contributed by atoms with Gasteiger partial charge in [0.25, 0.3) is 0 Å². The number of hydrogen-bond acceptors (Lipinski definition) is 10. The van der Waals surface area contributed by atoms with Crippen LogP contribution in [0.1, 0.15) is 20.1 Å². The molecular weight excluding hydrogens is 460 g/mol. The molecule has 2 aromatic rings. The average molecular weight is 481 g/mol. The molecule has 0 saturated carbocycles. The molecule has 0 radical (unpaired) electrons. The van der Waals surface area contributed by atoms with Gasteiger partial charge < -0.3 is 44.6 Å². The van der Waals surface area contributed by atoms with Crippen molar-refractivity contribution in [3.05, 3.63) is 12.7 Å². The lowest BCUT2D eigenvalue weighted by atomic mass is 10.1. The zero-order valence-corrected chi connectivity index (χ0v) is 17.9. The van der Waals surface area contributed by atoms with Crippen molar-refractivity contribution in [2.24, 2.45) is 0 Å². The lowest BCUT2D eigenvalue weighted by molar-refractivity contribution is -0.206. The number of ether oxygens (including phenoxy) is 3. The molecule has 4 rings (SSSR count). The largest absolute Gasteiger partial charge is 0.389 e. The zero-order valence-electron chi connectivity index (χ0n) is 16.2. The highest BCUT2D eigenvalue weighted by Gasteiger charge is 2.62. The highest BCUT2D eigenvalue weighted by molar-refractivity contribution is 7.71. The van der Waals surface area contributed by atoms with Crippen LogP contribution in [0.3, 0.4) is 0 Å². The molecular formula is C14H21N5O10P2. The fraction of sp³-hybridized carbons (Fsp3) is 0.643. The molecule has 2 aromatic heterocycles. The van der Waals surface area contributed by atoms with Gasteiger partial charge in [-0.1, -0.05) is 0 Å². The molecule has 2 saturated heterocycles. The van der Waals surface area contributed by atoms with Crippen molar-refractivity contribution in [2.45, 2.75) is 55.7 Å². The third-order valence-electron chi connectivity index (χ3n) is 5.06. The number of imidazole rings is 1. The fourth-order valence-corrected chi connectivity index (χ4v) is 6.63. The van der Waals surface area contributed by atoms with Crippen molar-refractivity contribution in [2.75, 3.05) is 5.73 Å². The second-order valence-corrected chi connectivity index (χ2v) is 11.6. The lowest BCUT2D eigenvalue weighted by Crippen LogP contribution is -2.44. The van der Waals surface area contributed by atoms with Gasteiger partial charge in [0.1, 0.15) is 36.3 Å². The summed E-state index contributed by atoms with van der Waals surface area (Å²) in [6.45, 7) is 3.14. The molecule has 0 amide bonds. The molecule has 0 aromatic carbocycles. The van der Waals surface area contributed by atoms with Gasteiger partial charge in [-0.2, -0.15) is 0 Å². The van der Waals surface area contributed by atoms with Crippen LogP contribution in [0.25, 0.3) is 11.2 Å². The second-order valence-electron chi connectivity index (χ2n) is 7.72. The first-order valence-corrected chi connectivity index (χ1v) is 12.3. The fourth-order valence-electron chi connectivity index (χ4n) is 3.93. The molecule has 31 heavy (non-hydrogen) atoms. The van der Waals surface area contributed by atoms with E-state index in [4.69, 9.17) is 19.9 Å². The summed E-state index contributed by atoms with van der Waals surface area (Å²) in [5, 5.41) is 7.94. The Labute approximate surface area is 174 Å². The Hall–Kier alpha value is -1.51. The Morgan fingerprint density at radius 3 is 2.32 bits per heavy atom. The maximum absolute atomic E-state index is 11.8. The highest BCUT2D eigenvalue weighted by atomic mass is 31.2. The Kier molecular flexibility index (Phi) is 5.30. The molecule has 0 spiro atoms. The molecule has 0 bridgehead atoms. The molecule has 1 unspecified atom stereocenters. The summed E-state index contributed by atoms with van der Waals surface area (Å²) < 4.78 is 42.4. The van der Waals surface area contributed by atoms with Gasteiger partial charge in [-0.15, -0.1) is 0 Å². The minimum atomic E-state index is -5.45. The topological polar surface area (TPSA) is 233 Å². The van der Waals surface area contributed by atoms with E-state index in [-0.39, 0.29) is 17.0 Å². The molecule has 5 atom stereocenters. The first kappa shape index (κ1) is 22.7. The van der Waals surface area contributed by atoms with Gasteiger partial charge in [-0.05, 0) is 13.8 Å². The number of nitrogen functional groups attached to an aromatic ring is 1. The van der Waals surface area contributed by atoms with Crippen LogP contribution in [0.2, 0.25) is 0 Å². The molecule has 7 N–H and O–H groups in total. The molecule has 4 heterocycles. The predicted octanol–water partition coefficient (Wildman–Crippen LogP) is -1.13. The number of anilines is 1. The lowest BCUT2D eigenvalue weighted by Gasteiger charge is -2.31. The van der Waals surface area contributed by atoms with E-state index in [1.54, 1.807) is 13.8 Å². The number of aliphatic hydroxyl groups excluding tert-OH is 1. The minimum Gasteiger partial charge on any atom is -0.389 e. The van der Waals surface area contributed by atoms with Crippen LogP contribution in [-0.2, 0) is 23.3 Å². The van der Waals surface area contributed by atoms with E-state index in [1.165, 1.54) is 17.2 Å². The van der Waals surface area contributed by atoms with Crippen LogP contribution >= 0.6 is 15.2 Å². The van der Waals surface area contributed by atoms with Gasteiger partial charge in [-0.25, -0.2) is 15.0 Å². The summed E-state index contributed by atoms with van der Waals surface area (Å²) in [6, 6.07) is 0. The van der Waals surface area contributed by atoms with Crippen molar-refractivity contribution < 1.29 is 48.0 Å². The second kappa shape index (κ2) is 7.25. The number of fused-ring (bicyclic) bond motifs is 2. The van der Waals surface area contributed by atoms with Crippen LogP contribution in [0.4, 0.5) is 5.82 Å². The van der Waals surface area contributed by atoms with Crippen LogP contribution in [0.5, 0.6) is 0 Å². The summed E-state index contributed by atoms with van der Waals surface area (Å²) in [4.78, 5) is 50.0. The molecule has 2 fully saturated rings. The van der Waals surface area contributed by atoms with E-state index >= 15 is 0 Å². The molecule has 172 valence electrons. The van der Waals surface area contributed by atoms with Gasteiger partial charge in [-0.3, -0.25) is 13.7 Å². The average Bonchev–Trinajstić information content (AvgIpc) is 3.23. The van der Waals surface area contributed by atoms with Gasteiger partial charge >= 0.3 is 15.2 Å². The van der Waals surface area contributed by atoms with Crippen molar-refractivity contribution in [1.82, 2.24) is 19.5 Å². The molecule has 2 aliphatic rings. The Morgan fingerprint density at radius 2 is 1.71 bits per heavy atom. The molecule has 15 nitrogen and oxygen atoms in total. The van der Waals surface area contributed by atoms with Crippen molar-refractivity contribution >= 4 is 32.2 Å². The first-order chi connectivity index (χ1) is 14.2. The number of aliphatic hydroxyl groups is 1. The van der Waals surface area contributed by atoms with Gasteiger partial charge in [0.2, 0.25) is 0 Å². The quantitative estimate of drug-likeness (QED) is 0.277. The van der Waals surface area contributed by atoms with E-state index in [0.29, 0.717) is 0 Å². The van der Waals surface area contributed by atoms with E-state index in [1.807, 2.05) is 0 Å². The third-order valence-corrected chi connectivity index (χ3v) is 8.85. The molecule has 17 heteroatoms. The molecule has 2 aliphatic heterocycles. The summed E-state index contributed by atoms with van der Waals surface area (Å²) in [5.74, 6) is -1.08. The normalized spacial score (nSPS) is 29.5. The number of rotatable bonds is 5. The number of nitrogens with two attached hydrogens (primary N) is 1. The summed E-state index contributed by atoms with van der Waals surface area (Å²) >= 11 is 0. The standard InChI is InChI=1S/C14H21N5O10P2/c1-14(2)28-8-7(6(20)13(30(21,22)23)31(24,25)26)27-12(9(8)29-14)19-4-18-5-10(15)16-3-17-11(5)19/h3-4,6-9,12-13,20H,1-2H3,(H2,15,16,17)(H2,21,22,23)(H2,24,25,26)/t6?,7-,8-,9-,12-/m1/s1. The van der Waals surface area contributed by atoms with Crippen molar-refractivity contribution in [3.63, 3.8) is 0 Å². The van der Waals surface area contributed by atoms with E-state index < -0.39 is 57.0 Å². The van der Waals surface area contributed by atoms with Crippen LogP contribution in [-0.4, -0.2) is 79.8 Å².